The maximum Gasteiger partial charge on any atom is 0.177 e. The van der Waals surface area contributed by atoms with Gasteiger partial charge in [-0.1, -0.05) is 13.8 Å². The number of nitrogens with zero attached hydrogens (tertiary/aromatic N) is 2. The molecule has 0 aliphatic heterocycles. The molecule has 0 radical (unpaired) electrons. The minimum absolute atomic E-state index is 0.408. The van der Waals surface area contributed by atoms with Crippen molar-refractivity contribution in [2.45, 2.75) is 26.2 Å². The summed E-state index contributed by atoms with van der Waals surface area (Å²) in [5.74, 6) is 1.66. The quantitative estimate of drug-likeness (QED) is 0.860. The largest absolute Gasteiger partial charge is 0.340 e. The summed E-state index contributed by atoms with van der Waals surface area (Å²) in [6.45, 7) is 4.54. The molecule has 1 N–H and O–H groups in total. The third-order valence-corrected chi connectivity index (χ3v) is 3.60. The number of aromatic amines is 1. The molecule has 0 amide bonds. The Morgan fingerprint density at radius 1 is 1.53 bits per heavy atom. The predicted molar refractivity (Wildman–Crippen MR) is 62.7 cm³/mol. The van der Waals surface area contributed by atoms with Gasteiger partial charge in [-0.25, -0.2) is 9.97 Å². The standard InChI is InChI=1S/C11H12BrN3/c1-11(2)4-7(11)9-14-8-3-6(12)5-13-10(8)15-9/h3,5,7H,4H2,1-2H3,(H,13,14,15). The van der Waals surface area contributed by atoms with E-state index in [1.54, 1.807) is 6.20 Å². The van der Waals surface area contributed by atoms with Crippen LogP contribution >= 0.6 is 15.9 Å². The summed E-state index contributed by atoms with van der Waals surface area (Å²) in [7, 11) is 0. The molecule has 1 atom stereocenters. The summed E-state index contributed by atoms with van der Waals surface area (Å²) in [5.41, 5.74) is 2.24. The highest BCUT2D eigenvalue weighted by Crippen LogP contribution is 2.57. The van der Waals surface area contributed by atoms with E-state index in [0.29, 0.717) is 11.3 Å². The van der Waals surface area contributed by atoms with Crippen molar-refractivity contribution < 1.29 is 0 Å². The number of hydrogen-bond donors (Lipinski definition) is 1. The normalized spacial score (nSPS) is 23.3. The molecule has 3 rings (SSSR count). The van der Waals surface area contributed by atoms with Crippen LogP contribution in [-0.4, -0.2) is 15.0 Å². The summed E-state index contributed by atoms with van der Waals surface area (Å²) < 4.78 is 0.986. The minimum Gasteiger partial charge on any atom is -0.340 e. The van der Waals surface area contributed by atoms with Crippen LogP contribution in [0.4, 0.5) is 0 Å². The average Bonchev–Trinajstić information content (AvgIpc) is 2.63. The Labute approximate surface area is 96.4 Å². The van der Waals surface area contributed by atoms with Crippen molar-refractivity contribution in [1.29, 1.82) is 0 Å². The zero-order chi connectivity index (χ0) is 10.6. The number of fused-ring (bicyclic) bond motifs is 1. The molecule has 0 aromatic carbocycles. The predicted octanol–water partition coefficient (Wildman–Crippen LogP) is 3.23. The highest BCUT2D eigenvalue weighted by molar-refractivity contribution is 9.10. The van der Waals surface area contributed by atoms with Gasteiger partial charge < -0.3 is 4.98 Å². The lowest BCUT2D eigenvalue weighted by molar-refractivity contribution is 0.611. The molecule has 1 aliphatic rings. The molecule has 2 heterocycles. The smallest absolute Gasteiger partial charge is 0.177 e. The van der Waals surface area contributed by atoms with E-state index in [2.05, 4.69) is 44.7 Å². The Hall–Kier alpha value is -0.900. The van der Waals surface area contributed by atoms with Gasteiger partial charge in [0, 0.05) is 16.6 Å². The number of H-pyrrole nitrogens is 1. The number of aromatic nitrogens is 3. The molecule has 3 nitrogen and oxygen atoms in total. The number of hydrogen-bond acceptors (Lipinski definition) is 2. The van der Waals surface area contributed by atoms with Crippen LogP contribution in [0.2, 0.25) is 0 Å². The van der Waals surface area contributed by atoms with Crippen LogP contribution in [0.1, 0.15) is 32.0 Å². The van der Waals surface area contributed by atoms with Crippen molar-refractivity contribution >= 4 is 27.1 Å². The van der Waals surface area contributed by atoms with Gasteiger partial charge in [0.1, 0.15) is 5.82 Å². The first kappa shape index (κ1) is 9.33. The van der Waals surface area contributed by atoms with Crippen molar-refractivity contribution in [3.05, 3.63) is 22.6 Å². The number of halogens is 1. The minimum atomic E-state index is 0.408. The molecular formula is C11H12BrN3. The SMILES string of the molecule is CC1(C)CC1c1nc2ncc(Br)cc2[nH]1. The van der Waals surface area contributed by atoms with Gasteiger partial charge in [0.25, 0.3) is 0 Å². The van der Waals surface area contributed by atoms with Gasteiger partial charge in [-0.15, -0.1) is 0 Å². The average molecular weight is 266 g/mol. The molecule has 2 aromatic heterocycles. The van der Waals surface area contributed by atoms with Crippen LogP contribution in [0.25, 0.3) is 11.2 Å². The number of nitrogens with one attached hydrogen (secondary N) is 1. The molecule has 15 heavy (non-hydrogen) atoms. The Kier molecular flexibility index (Phi) is 1.75. The maximum atomic E-state index is 4.52. The maximum absolute atomic E-state index is 4.52. The van der Waals surface area contributed by atoms with Crippen molar-refractivity contribution in [2.24, 2.45) is 5.41 Å². The fraction of sp³-hybridized carbons (Fsp3) is 0.455. The topological polar surface area (TPSA) is 41.6 Å². The van der Waals surface area contributed by atoms with Gasteiger partial charge in [-0.2, -0.15) is 0 Å². The summed E-state index contributed by atoms with van der Waals surface area (Å²) in [6.07, 6.45) is 3.00. The second kappa shape index (κ2) is 2.82. The summed E-state index contributed by atoms with van der Waals surface area (Å²) in [4.78, 5) is 12.1. The zero-order valence-electron chi connectivity index (χ0n) is 8.71. The Morgan fingerprint density at radius 2 is 2.27 bits per heavy atom. The Morgan fingerprint density at radius 3 is 2.93 bits per heavy atom. The van der Waals surface area contributed by atoms with E-state index in [-0.39, 0.29) is 0 Å². The molecule has 0 spiro atoms. The van der Waals surface area contributed by atoms with E-state index in [9.17, 15) is 0 Å². The third kappa shape index (κ3) is 1.47. The number of pyridine rings is 1. The molecule has 78 valence electrons. The van der Waals surface area contributed by atoms with Crippen LogP contribution in [0, 0.1) is 5.41 Å². The monoisotopic (exact) mass is 265 g/mol. The lowest BCUT2D eigenvalue weighted by atomic mass is 10.1. The van der Waals surface area contributed by atoms with E-state index in [1.807, 2.05) is 6.07 Å². The zero-order valence-corrected chi connectivity index (χ0v) is 10.3. The van der Waals surface area contributed by atoms with Gasteiger partial charge in [0.15, 0.2) is 5.65 Å². The summed E-state index contributed by atoms with van der Waals surface area (Å²) >= 11 is 3.41. The highest BCUT2D eigenvalue weighted by Gasteiger charge is 2.48. The first-order valence-electron chi connectivity index (χ1n) is 5.07. The highest BCUT2D eigenvalue weighted by atomic mass is 79.9. The van der Waals surface area contributed by atoms with E-state index in [0.717, 1.165) is 21.5 Å². The van der Waals surface area contributed by atoms with Crippen LogP contribution < -0.4 is 0 Å². The second-order valence-corrected chi connectivity index (χ2v) is 5.81. The van der Waals surface area contributed by atoms with Crippen LogP contribution in [0.5, 0.6) is 0 Å². The van der Waals surface area contributed by atoms with Crippen LogP contribution in [0.15, 0.2) is 16.7 Å². The van der Waals surface area contributed by atoms with Crippen molar-refractivity contribution in [1.82, 2.24) is 15.0 Å². The molecule has 1 saturated carbocycles. The van der Waals surface area contributed by atoms with Gasteiger partial charge in [0.2, 0.25) is 0 Å². The van der Waals surface area contributed by atoms with Crippen LogP contribution in [0.3, 0.4) is 0 Å². The molecule has 0 saturated heterocycles. The van der Waals surface area contributed by atoms with E-state index >= 15 is 0 Å². The van der Waals surface area contributed by atoms with Gasteiger partial charge in [-0.05, 0) is 33.8 Å². The van der Waals surface area contributed by atoms with Crippen LogP contribution in [-0.2, 0) is 0 Å². The molecule has 2 aromatic rings. The summed E-state index contributed by atoms with van der Waals surface area (Å²) in [6, 6.07) is 2.02. The first-order chi connectivity index (χ1) is 7.06. The number of rotatable bonds is 1. The molecule has 0 bridgehead atoms. The fourth-order valence-electron chi connectivity index (χ4n) is 1.99. The second-order valence-electron chi connectivity index (χ2n) is 4.89. The molecule has 1 fully saturated rings. The van der Waals surface area contributed by atoms with Gasteiger partial charge >= 0.3 is 0 Å². The molecule has 1 aliphatic carbocycles. The molecule has 4 heteroatoms. The van der Waals surface area contributed by atoms with Crippen molar-refractivity contribution in [3.63, 3.8) is 0 Å². The number of imidazole rings is 1. The van der Waals surface area contributed by atoms with Crippen molar-refractivity contribution in [3.8, 4) is 0 Å². The lowest BCUT2D eigenvalue weighted by Gasteiger charge is -1.97. The van der Waals surface area contributed by atoms with E-state index in [4.69, 9.17) is 0 Å². The van der Waals surface area contributed by atoms with Gasteiger partial charge in [0.05, 0.1) is 5.52 Å². The molecular weight excluding hydrogens is 254 g/mol. The first-order valence-corrected chi connectivity index (χ1v) is 5.87. The van der Waals surface area contributed by atoms with Gasteiger partial charge in [-0.3, -0.25) is 0 Å². The van der Waals surface area contributed by atoms with E-state index in [1.165, 1.54) is 6.42 Å². The Balaban J connectivity index is 2.08. The van der Waals surface area contributed by atoms with Crippen molar-refractivity contribution in [2.75, 3.05) is 0 Å². The summed E-state index contributed by atoms with van der Waals surface area (Å²) in [5, 5.41) is 0. The fourth-order valence-corrected chi connectivity index (χ4v) is 2.32. The Bertz CT molecular complexity index is 530. The van der Waals surface area contributed by atoms with E-state index < -0.39 is 0 Å². The molecule has 1 unspecified atom stereocenters. The third-order valence-electron chi connectivity index (χ3n) is 3.17. The lowest BCUT2D eigenvalue weighted by Crippen LogP contribution is -1.91.